The van der Waals surface area contributed by atoms with E-state index in [-0.39, 0.29) is 5.97 Å². The van der Waals surface area contributed by atoms with Crippen molar-refractivity contribution in [2.45, 2.75) is 52.7 Å². The molecular formula is C10H20O3. The van der Waals surface area contributed by atoms with Crippen molar-refractivity contribution < 1.29 is 14.3 Å². The second-order valence-corrected chi connectivity index (χ2v) is 4.45. The van der Waals surface area contributed by atoms with E-state index in [4.69, 9.17) is 9.47 Å². The normalized spacial score (nSPS) is 12.8. The van der Waals surface area contributed by atoms with Crippen LogP contribution in [-0.2, 0) is 14.3 Å². The molecule has 0 aliphatic carbocycles. The Morgan fingerprint density at radius 1 is 1.15 bits per heavy atom. The van der Waals surface area contributed by atoms with Crippen LogP contribution in [0, 0.1) is 0 Å². The smallest absolute Gasteiger partial charge is 0.338 e. The highest BCUT2D eigenvalue weighted by Crippen LogP contribution is 2.16. The van der Waals surface area contributed by atoms with E-state index in [0.29, 0.717) is 6.61 Å². The summed E-state index contributed by atoms with van der Waals surface area (Å²) in [6.07, 6.45) is 0. The molecule has 0 saturated carbocycles. The number of hydrogen-bond donors (Lipinski definition) is 0. The van der Waals surface area contributed by atoms with E-state index in [2.05, 4.69) is 0 Å². The third-order valence-electron chi connectivity index (χ3n) is 1.40. The summed E-state index contributed by atoms with van der Waals surface area (Å²) < 4.78 is 10.5. The van der Waals surface area contributed by atoms with Gasteiger partial charge in [-0.2, -0.15) is 0 Å². The largest absolute Gasteiger partial charge is 0.458 e. The molecule has 0 rings (SSSR count). The molecule has 0 bridgehead atoms. The fourth-order valence-electron chi connectivity index (χ4n) is 0.821. The van der Waals surface area contributed by atoms with Crippen LogP contribution >= 0.6 is 0 Å². The number of hydrogen-bond acceptors (Lipinski definition) is 3. The van der Waals surface area contributed by atoms with Crippen molar-refractivity contribution in [1.82, 2.24) is 0 Å². The quantitative estimate of drug-likeness (QED) is 0.636. The molecule has 3 heteroatoms. The van der Waals surface area contributed by atoms with Crippen molar-refractivity contribution in [3.05, 3.63) is 0 Å². The molecule has 0 saturated heterocycles. The first-order chi connectivity index (χ1) is 5.69. The lowest BCUT2D eigenvalue weighted by molar-refractivity contribution is -0.179. The highest BCUT2D eigenvalue weighted by molar-refractivity contribution is 5.78. The third kappa shape index (κ3) is 4.88. The van der Waals surface area contributed by atoms with Crippen LogP contribution in [0.4, 0.5) is 0 Å². The average Bonchev–Trinajstić information content (AvgIpc) is 1.82. The van der Waals surface area contributed by atoms with Gasteiger partial charge in [0.2, 0.25) is 0 Å². The van der Waals surface area contributed by atoms with Crippen LogP contribution in [0.2, 0.25) is 0 Å². The van der Waals surface area contributed by atoms with Gasteiger partial charge in [0, 0.05) is 6.61 Å². The van der Waals surface area contributed by atoms with E-state index in [9.17, 15) is 4.79 Å². The monoisotopic (exact) mass is 188 g/mol. The molecule has 13 heavy (non-hydrogen) atoms. The number of carbonyl (C=O) groups excluding carboxylic acids is 1. The molecule has 0 heterocycles. The summed E-state index contributed by atoms with van der Waals surface area (Å²) in [7, 11) is 0. The molecule has 0 aromatic heterocycles. The summed E-state index contributed by atoms with van der Waals surface area (Å²) in [6.45, 7) is 11.3. The summed E-state index contributed by atoms with van der Waals surface area (Å²) >= 11 is 0. The standard InChI is InChI=1S/C10H20O3/c1-7-12-10(5,6)8(11)13-9(2,3)4/h7H2,1-6H3. The minimum atomic E-state index is -0.845. The molecule has 0 aliphatic rings. The van der Waals surface area contributed by atoms with Gasteiger partial charge in [-0.1, -0.05) is 0 Å². The Labute approximate surface area is 80.4 Å². The maximum absolute atomic E-state index is 11.5. The van der Waals surface area contributed by atoms with E-state index >= 15 is 0 Å². The van der Waals surface area contributed by atoms with Crippen molar-refractivity contribution in [3.63, 3.8) is 0 Å². The second kappa shape index (κ2) is 4.09. The predicted molar refractivity (Wildman–Crippen MR) is 51.6 cm³/mol. The maximum Gasteiger partial charge on any atom is 0.338 e. The molecule has 0 amide bonds. The van der Waals surface area contributed by atoms with Gasteiger partial charge >= 0.3 is 5.97 Å². The topological polar surface area (TPSA) is 35.5 Å². The summed E-state index contributed by atoms with van der Waals surface area (Å²) in [6, 6.07) is 0. The zero-order valence-electron chi connectivity index (χ0n) is 9.43. The molecule has 3 nitrogen and oxygen atoms in total. The average molecular weight is 188 g/mol. The lowest BCUT2D eigenvalue weighted by Gasteiger charge is -2.28. The van der Waals surface area contributed by atoms with E-state index in [1.807, 2.05) is 27.7 Å². The highest BCUT2D eigenvalue weighted by atomic mass is 16.6. The first-order valence-corrected chi connectivity index (χ1v) is 4.56. The number of ether oxygens (including phenoxy) is 2. The van der Waals surface area contributed by atoms with Crippen molar-refractivity contribution >= 4 is 5.97 Å². The highest BCUT2D eigenvalue weighted by Gasteiger charge is 2.32. The molecule has 0 radical (unpaired) electrons. The van der Waals surface area contributed by atoms with Gasteiger partial charge in [0.25, 0.3) is 0 Å². The molecular weight excluding hydrogens is 168 g/mol. The summed E-state index contributed by atoms with van der Waals surface area (Å²) in [5, 5.41) is 0. The first-order valence-electron chi connectivity index (χ1n) is 4.56. The van der Waals surface area contributed by atoms with Crippen LogP contribution in [0.5, 0.6) is 0 Å². The fourth-order valence-corrected chi connectivity index (χ4v) is 0.821. The molecule has 0 unspecified atom stereocenters. The van der Waals surface area contributed by atoms with Gasteiger partial charge < -0.3 is 9.47 Å². The lowest BCUT2D eigenvalue weighted by Crippen LogP contribution is -2.40. The van der Waals surface area contributed by atoms with Crippen molar-refractivity contribution in [2.75, 3.05) is 6.61 Å². The van der Waals surface area contributed by atoms with Crippen molar-refractivity contribution in [3.8, 4) is 0 Å². The summed E-state index contributed by atoms with van der Waals surface area (Å²) in [4.78, 5) is 11.5. The minimum Gasteiger partial charge on any atom is -0.458 e. The fraction of sp³-hybridized carbons (Fsp3) is 0.900. The molecule has 78 valence electrons. The molecule has 0 aromatic rings. The zero-order chi connectivity index (χ0) is 10.7. The lowest BCUT2D eigenvalue weighted by atomic mass is 10.1. The van der Waals surface area contributed by atoms with E-state index in [0.717, 1.165) is 0 Å². The van der Waals surface area contributed by atoms with Gasteiger partial charge in [0.05, 0.1) is 0 Å². The van der Waals surface area contributed by atoms with Gasteiger partial charge in [0.15, 0.2) is 5.60 Å². The molecule has 0 fully saturated rings. The number of esters is 1. The van der Waals surface area contributed by atoms with Crippen LogP contribution in [0.3, 0.4) is 0 Å². The van der Waals surface area contributed by atoms with Crippen molar-refractivity contribution in [1.29, 1.82) is 0 Å². The molecule has 0 aliphatic heterocycles. The molecule has 0 aromatic carbocycles. The Morgan fingerprint density at radius 2 is 1.62 bits per heavy atom. The zero-order valence-corrected chi connectivity index (χ0v) is 9.43. The number of rotatable bonds is 3. The predicted octanol–water partition coefficient (Wildman–Crippen LogP) is 2.14. The van der Waals surface area contributed by atoms with E-state index < -0.39 is 11.2 Å². The summed E-state index contributed by atoms with van der Waals surface area (Å²) in [5.41, 5.74) is -1.30. The first kappa shape index (κ1) is 12.4. The van der Waals surface area contributed by atoms with Gasteiger partial charge in [0.1, 0.15) is 5.60 Å². The Morgan fingerprint density at radius 3 is 1.92 bits per heavy atom. The second-order valence-electron chi connectivity index (χ2n) is 4.45. The Hall–Kier alpha value is -0.570. The van der Waals surface area contributed by atoms with Gasteiger partial charge in [-0.3, -0.25) is 0 Å². The number of carbonyl (C=O) groups is 1. The van der Waals surface area contributed by atoms with Crippen LogP contribution < -0.4 is 0 Å². The molecule has 0 N–H and O–H groups in total. The summed E-state index contributed by atoms with van der Waals surface area (Å²) in [5.74, 6) is -0.318. The van der Waals surface area contributed by atoms with Gasteiger partial charge in [-0.15, -0.1) is 0 Å². The van der Waals surface area contributed by atoms with Gasteiger partial charge in [-0.05, 0) is 41.5 Å². The molecule has 0 spiro atoms. The van der Waals surface area contributed by atoms with Gasteiger partial charge in [-0.25, -0.2) is 4.79 Å². The Kier molecular flexibility index (Phi) is 3.91. The van der Waals surface area contributed by atoms with E-state index in [1.165, 1.54) is 0 Å². The SMILES string of the molecule is CCOC(C)(C)C(=O)OC(C)(C)C. The third-order valence-corrected chi connectivity index (χ3v) is 1.40. The minimum absolute atomic E-state index is 0.318. The van der Waals surface area contributed by atoms with E-state index in [1.54, 1.807) is 13.8 Å². The molecule has 0 atom stereocenters. The Bertz CT molecular complexity index is 177. The van der Waals surface area contributed by atoms with Crippen molar-refractivity contribution in [2.24, 2.45) is 0 Å². The van der Waals surface area contributed by atoms with Crippen LogP contribution in [0.1, 0.15) is 41.5 Å². The Balaban J connectivity index is 4.25. The maximum atomic E-state index is 11.5. The van der Waals surface area contributed by atoms with Crippen LogP contribution in [-0.4, -0.2) is 23.8 Å². The van der Waals surface area contributed by atoms with Crippen LogP contribution in [0.25, 0.3) is 0 Å². The van der Waals surface area contributed by atoms with Crippen LogP contribution in [0.15, 0.2) is 0 Å².